The van der Waals surface area contributed by atoms with Gasteiger partial charge in [0.2, 0.25) is 5.91 Å². The van der Waals surface area contributed by atoms with Gasteiger partial charge in [-0.15, -0.1) is 0 Å². The molecular formula is C17H25N3O. The highest BCUT2D eigenvalue weighted by molar-refractivity contribution is 5.79. The minimum absolute atomic E-state index is 0.0154. The lowest BCUT2D eigenvalue weighted by molar-refractivity contribution is -0.128. The molecule has 0 spiro atoms. The van der Waals surface area contributed by atoms with Crippen molar-refractivity contribution in [3.05, 3.63) is 30.1 Å². The van der Waals surface area contributed by atoms with Gasteiger partial charge in [-0.05, 0) is 56.1 Å². The lowest BCUT2D eigenvalue weighted by atomic mass is 9.65. The van der Waals surface area contributed by atoms with Crippen molar-refractivity contribution in [2.75, 3.05) is 0 Å². The van der Waals surface area contributed by atoms with Crippen LogP contribution in [0, 0.1) is 17.8 Å². The van der Waals surface area contributed by atoms with Gasteiger partial charge < -0.3 is 11.1 Å². The van der Waals surface area contributed by atoms with Gasteiger partial charge >= 0.3 is 0 Å². The van der Waals surface area contributed by atoms with Gasteiger partial charge in [0.1, 0.15) is 0 Å². The Bertz CT molecular complexity index is 476. The van der Waals surface area contributed by atoms with E-state index >= 15 is 0 Å². The summed E-state index contributed by atoms with van der Waals surface area (Å²) in [6, 6.07) is 4.24. The first kappa shape index (κ1) is 14.5. The molecule has 2 saturated carbocycles. The first-order valence-corrected chi connectivity index (χ1v) is 8.11. The number of fused-ring (bicyclic) bond motifs is 2. The number of nitrogens with zero attached hydrogens (tertiary/aromatic N) is 1. The summed E-state index contributed by atoms with van der Waals surface area (Å²) in [7, 11) is 0. The van der Waals surface area contributed by atoms with E-state index in [2.05, 4.69) is 10.3 Å². The van der Waals surface area contributed by atoms with Crippen LogP contribution in [0.25, 0.3) is 0 Å². The highest BCUT2D eigenvalue weighted by Gasteiger charge is 2.40. The molecule has 1 aromatic rings. The van der Waals surface area contributed by atoms with Crippen molar-refractivity contribution in [2.45, 2.75) is 51.1 Å². The third kappa shape index (κ3) is 3.10. The minimum atomic E-state index is 0.0154. The molecule has 3 atom stereocenters. The Morgan fingerprint density at radius 1 is 1.38 bits per heavy atom. The average molecular weight is 287 g/mol. The van der Waals surface area contributed by atoms with Crippen molar-refractivity contribution in [1.82, 2.24) is 10.3 Å². The third-order valence-electron chi connectivity index (χ3n) is 5.33. The lowest BCUT2D eigenvalue weighted by Crippen LogP contribution is -2.49. The number of nitrogens with one attached hydrogen (secondary N) is 1. The van der Waals surface area contributed by atoms with E-state index in [-0.39, 0.29) is 17.9 Å². The second-order valence-corrected chi connectivity index (χ2v) is 6.71. The Hall–Kier alpha value is -1.42. The van der Waals surface area contributed by atoms with Crippen LogP contribution in [-0.4, -0.2) is 16.9 Å². The number of hydrogen-bond acceptors (Lipinski definition) is 3. The standard InChI is InChI=1S/C17H25N3O/c1-11(14-6-3-7-19-10-14)20-17(21)15-8-12-4-2-5-13(9-15)16(12)18/h3,6-7,10-13,15-16H,2,4-5,8-9,18H2,1H3,(H,20,21)/t11-,12?,13?,15?,16?/m0/s1. The maximum atomic E-state index is 12.5. The first-order valence-electron chi connectivity index (χ1n) is 8.11. The lowest BCUT2D eigenvalue weighted by Gasteiger charge is -2.43. The fraction of sp³-hybridized carbons (Fsp3) is 0.647. The van der Waals surface area contributed by atoms with E-state index in [1.165, 1.54) is 19.3 Å². The topological polar surface area (TPSA) is 68.0 Å². The number of hydrogen-bond donors (Lipinski definition) is 2. The number of aromatic nitrogens is 1. The average Bonchev–Trinajstić information content (AvgIpc) is 2.47. The Morgan fingerprint density at radius 2 is 2.10 bits per heavy atom. The molecule has 4 heteroatoms. The Labute approximate surface area is 126 Å². The van der Waals surface area contributed by atoms with Crippen molar-refractivity contribution in [3.8, 4) is 0 Å². The van der Waals surface area contributed by atoms with Crippen LogP contribution in [0.2, 0.25) is 0 Å². The van der Waals surface area contributed by atoms with E-state index in [1.54, 1.807) is 6.20 Å². The summed E-state index contributed by atoms with van der Waals surface area (Å²) < 4.78 is 0. The normalized spacial score (nSPS) is 33.2. The molecule has 2 bridgehead atoms. The molecule has 1 aromatic heterocycles. The van der Waals surface area contributed by atoms with Crippen molar-refractivity contribution in [3.63, 3.8) is 0 Å². The van der Waals surface area contributed by atoms with Crippen LogP contribution < -0.4 is 11.1 Å². The van der Waals surface area contributed by atoms with Gasteiger partial charge in [-0.2, -0.15) is 0 Å². The largest absolute Gasteiger partial charge is 0.349 e. The Kier molecular flexibility index (Phi) is 4.24. The summed E-state index contributed by atoms with van der Waals surface area (Å²) in [5.41, 5.74) is 7.35. The summed E-state index contributed by atoms with van der Waals surface area (Å²) in [5, 5.41) is 3.15. The minimum Gasteiger partial charge on any atom is -0.349 e. The molecule has 2 aliphatic rings. The monoisotopic (exact) mass is 287 g/mol. The van der Waals surface area contributed by atoms with Crippen molar-refractivity contribution in [1.29, 1.82) is 0 Å². The first-order chi connectivity index (χ1) is 10.1. The van der Waals surface area contributed by atoms with Gasteiger partial charge in [-0.1, -0.05) is 12.5 Å². The highest BCUT2D eigenvalue weighted by atomic mass is 16.1. The third-order valence-corrected chi connectivity index (χ3v) is 5.33. The van der Waals surface area contributed by atoms with Crippen LogP contribution in [0.3, 0.4) is 0 Å². The molecule has 114 valence electrons. The van der Waals surface area contributed by atoms with Crippen LogP contribution in [0.4, 0.5) is 0 Å². The molecule has 4 nitrogen and oxygen atoms in total. The van der Waals surface area contributed by atoms with E-state index in [9.17, 15) is 4.79 Å². The predicted molar refractivity (Wildman–Crippen MR) is 82.3 cm³/mol. The number of rotatable bonds is 3. The molecule has 1 amide bonds. The SMILES string of the molecule is C[C@H](NC(=O)C1CC2CCCC(C1)C2N)c1cccnc1. The summed E-state index contributed by atoms with van der Waals surface area (Å²) in [4.78, 5) is 16.7. The highest BCUT2D eigenvalue weighted by Crippen LogP contribution is 2.42. The maximum Gasteiger partial charge on any atom is 0.223 e. The molecule has 0 radical (unpaired) electrons. The zero-order valence-electron chi connectivity index (χ0n) is 12.7. The van der Waals surface area contributed by atoms with Crippen LogP contribution in [0.5, 0.6) is 0 Å². The molecule has 3 rings (SSSR count). The van der Waals surface area contributed by atoms with Gasteiger partial charge in [0, 0.05) is 24.4 Å². The second-order valence-electron chi connectivity index (χ2n) is 6.71. The molecule has 2 aliphatic carbocycles. The smallest absolute Gasteiger partial charge is 0.223 e. The molecule has 0 saturated heterocycles. The molecule has 1 heterocycles. The van der Waals surface area contributed by atoms with Crippen molar-refractivity contribution >= 4 is 5.91 Å². The summed E-state index contributed by atoms with van der Waals surface area (Å²) in [5.74, 6) is 1.42. The number of carbonyl (C=O) groups is 1. The molecule has 0 aromatic carbocycles. The summed E-state index contributed by atoms with van der Waals surface area (Å²) in [6.07, 6.45) is 9.16. The van der Waals surface area contributed by atoms with Gasteiger partial charge in [0.25, 0.3) is 0 Å². The van der Waals surface area contributed by atoms with Crippen LogP contribution >= 0.6 is 0 Å². The molecule has 2 fully saturated rings. The number of amides is 1. The second kappa shape index (κ2) is 6.14. The summed E-state index contributed by atoms with van der Waals surface area (Å²) >= 11 is 0. The van der Waals surface area contributed by atoms with Crippen LogP contribution in [0.1, 0.15) is 50.6 Å². The molecule has 3 N–H and O–H groups in total. The van der Waals surface area contributed by atoms with Gasteiger partial charge in [-0.3, -0.25) is 9.78 Å². The number of pyridine rings is 1. The number of nitrogens with two attached hydrogens (primary N) is 1. The van der Waals surface area contributed by atoms with Crippen molar-refractivity contribution < 1.29 is 4.79 Å². The molecular weight excluding hydrogens is 262 g/mol. The van der Waals surface area contributed by atoms with E-state index in [0.717, 1.165) is 18.4 Å². The quantitative estimate of drug-likeness (QED) is 0.897. The van der Waals surface area contributed by atoms with Crippen LogP contribution in [-0.2, 0) is 4.79 Å². The van der Waals surface area contributed by atoms with E-state index < -0.39 is 0 Å². The van der Waals surface area contributed by atoms with E-state index in [1.807, 2.05) is 25.3 Å². The van der Waals surface area contributed by atoms with Gasteiger partial charge in [0.05, 0.1) is 6.04 Å². The molecule has 21 heavy (non-hydrogen) atoms. The van der Waals surface area contributed by atoms with Crippen LogP contribution in [0.15, 0.2) is 24.5 Å². The zero-order valence-corrected chi connectivity index (χ0v) is 12.7. The van der Waals surface area contributed by atoms with E-state index in [4.69, 9.17) is 5.73 Å². The fourth-order valence-electron chi connectivity index (χ4n) is 4.05. The zero-order chi connectivity index (χ0) is 14.8. The Balaban J connectivity index is 1.61. The van der Waals surface area contributed by atoms with Gasteiger partial charge in [0.15, 0.2) is 0 Å². The maximum absolute atomic E-state index is 12.5. The van der Waals surface area contributed by atoms with E-state index in [0.29, 0.717) is 17.9 Å². The Morgan fingerprint density at radius 3 is 2.71 bits per heavy atom. The fourth-order valence-corrected chi connectivity index (χ4v) is 4.05. The predicted octanol–water partition coefficient (Wildman–Crippen LogP) is 2.41. The molecule has 0 aliphatic heterocycles. The molecule has 2 unspecified atom stereocenters. The summed E-state index contributed by atoms with van der Waals surface area (Å²) in [6.45, 7) is 2.02. The van der Waals surface area contributed by atoms with Crippen molar-refractivity contribution in [2.24, 2.45) is 23.5 Å². The number of carbonyl (C=O) groups excluding carboxylic acids is 1. The van der Waals surface area contributed by atoms with Gasteiger partial charge in [-0.25, -0.2) is 0 Å².